The molecular weight excluding hydrogens is 226 g/mol. The first-order valence-corrected chi connectivity index (χ1v) is 6.09. The fourth-order valence-corrected chi connectivity index (χ4v) is 1.81. The lowest BCUT2D eigenvalue weighted by Gasteiger charge is -2.11. The number of hydrogen-bond acceptors (Lipinski definition) is 3. The van der Waals surface area contributed by atoms with Gasteiger partial charge in [0.2, 0.25) is 0 Å². The number of benzene rings is 1. The van der Waals surface area contributed by atoms with E-state index >= 15 is 0 Å². The lowest BCUT2D eigenvalue weighted by Crippen LogP contribution is -2.13. The molecule has 96 valence electrons. The Bertz CT molecular complexity index is 507. The first-order valence-electron chi connectivity index (χ1n) is 6.09. The van der Waals surface area contributed by atoms with E-state index in [1.807, 2.05) is 44.4 Å². The Kier molecular flexibility index (Phi) is 3.99. The van der Waals surface area contributed by atoms with Gasteiger partial charge in [-0.05, 0) is 24.6 Å². The van der Waals surface area contributed by atoms with E-state index in [-0.39, 0.29) is 6.04 Å². The van der Waals surface area contributed by atoms with Gasteiger partial charge in [0.05, 0.1) is 12.8 Å². The third-order valence-electron chi connectivity index (χ3n) is 2.84. The van der Waals surface area contributed by atoms with Crippen LogP contribution in [0, 0.1) is 6.92 Å². The Balaban J connectivity index is 1.82. The predicted molar refractivity (Wildman–Crippen MR) is 71.4 cm³/mol. The van der Waals surface area contributed by atoms with Crippen LogP contribution in [0.3, 0.4) is 0 Å². The van der Waals surface area contributed by atoms with Crippen molar-refractivity contribution in [1.29, 1.82) is 0 Å². The van der Waals surface area contributed by atoms with E-state index in [2.05, 4.69) is 5.10 Å². The molecule has 1 unspecified atom stereocenters. The Morgan fingerprint density at radius 2 is 2.28 bits per heavy atom. The third-order valence-corrected chi connectivity index (χ3v) is 2.84. The summed E-state index contributed by atoms with van der Waals surface area (Å²) >= 11 is 0. The molecule has 4 nitrogen and oxygen atoms in total. The van der Waals surface area contributed by atoms with Crippen molar-refractivity contribution in [3.63, 3.8) is 0 Å². The number of nitrogens with two attached hydrogens (primary N) is 1. The van der Waals surface area contributed by atoms with Crippen molar-refractivity contribution in [3.8, 4) is 5.75 Å². The first-order chi connectivity index (χ1) is 8.65. The molecule has 0 amide bonds. The molecule has 2 rings (SSSR count). The monoisotopic (exact) mass is 245 g/mol. The molecule has 1 aromatic carbocycles. The number of nitrogens with zero attached hydrogens (tertiary/aromatic N) is 2. The van der Waals surface area contributed by atoms with Gasteiger partial charge in [-0.1, -0.05) is 12.1 Å². The zero-order valence-corrected chi connectivity index (χ0v) is 10.8. The molecule has 18 heavy (non-hydrogen) atoms. The number of ether oxygens (including phenoxy) is 1. The van der Waals surface area contributed by atoms with Crippen molar-refractivity contribution in [2.45, 2.75) is 19.4 Å². The quantitative estimate of drug-likeness (QED) is 0.878. The van der Waals surface area contributed by atoms with Crippen LogP contribution in [0.25, 0.3) is 0 Å². The summed E-state index contributed by atoms with van der Waals surface area (Å²) in [5.41, 5.74) is 8.31. The van der Waals surface area contributed by atoms with Gasteiger partial charge in [0.15, 0.2) is 0 Å². The average molecular weight is 245 g/mol. The Morgan fingerprint density at radius 1 is 1.44 bits per heavy atom. The van der Waals surface area contributed by atoms with E-state index in [0.29, 0.717) is 6.61 Å². The minimum Gasteiger partial charge on any atom is -0.494 e. The Labute approximate surface area is 107 Å². The predicted octanol–water partition coefficient (Wildman–Crippen LogP) is 2.20. The van der Waals surface area contributed by atoms with Crippen molar-refractivity contribution in [2.75, 3.05) is 6.61 Å². The van der Waals surface area contributed by atoms with Crippen molar-refractivity contribution in [2.24, 2.45) is 12.8 Å². The summed E-state index contributed by atoms with van der Waals surface area (Å²) in [7, 11) is 1.89. The first kappa shape index (κ1) is 12.6. The summed E-state index contributed by atoms with van der Waals surface area (Å²) in [6, 6.07) is 8.00. The van der Waals surface area contributed by atoms with Crippen molar-refractivity contribution in [1.82, 2.24) is 9.78 Å². The normalized spacial score (nSPS) is 12.4. The van der Waals surface area contributed by atoms with Crippen LogP contribution < -0.4 is 10.5 Å². The molecule has 1 atom stereocenters. The minimum atomic E-state index is -0.0245. The molecule has 0 radical (unpaired) electrons. The largest absolute Gasteiger partial charge is 0.494 e. The molecule has 1 heterocycles. The molecule has 0 aliphatic carbocycles. The SMILES string of the molecule is Cc1cccc(OCCC(N)c2cnn(C)c2)c1. The van der Waals surface area contributed by atoms with Crippen LogP contribution in [0.4, 0.5) is 0 Å². The highest BCUT2D eigenvalue weighted by Crippen LogP contribution is 2.16. The van der Waals surface area contributed by atoms with Gasteiger partial charge in [-0.15, -0.1) is 0 Å². The molecule has 0 saturated carbocycles. The zero-order valence-electron chi connectivity index (χ0n) is 10.8. The highest BCUT2D eigenvalue weighted by molar-refractivity contribution is 5.27. The number of aromatic nitrogens is 2. The van der Waals surface area contributed by atoms with Gasteiger partial charge in [-0.3, -0.25) is 4.68 Å². The second-order valence-corrected chi connectivity index (χ2v) is 4.51. The van der Waals surface area contributed by atoms with E-state index in [0.717, 1.165) is 17.7 Å². The Morgan fingerprint density at radius 3 is 2.94 bits per heavy atom. The van der Waals surface area contributed by atoms with Crippen molar-refractivity contribution >= 4 is 0 Å². The third kappa shape index (κ3) is 3.34. The van der Waals surface area contributed by atoms with Crippen molar-refractivity contribution < 1.29 is 4.74 Å². The second kappa shape index (κ2) is 5.69. The molecular formula is C14H19N3O. The number of hydrogen-bond donors (Lipinski definition) is 1. The standard InChI is InChI=1S/C14H19N3O/c1-11-4-3-5-13(8-11)18-7-6-14(15)12-9-16-17(2)10-12/h3-5,8-10,14H,6-7,15H2,1-2H3. The van der Waals surface area contributed by atoms with E-state index in [4.69, 9.17) is 10.5 Å². The lowest BCUT2D eigenvalue weighted by atomic mass is 10.1. The van der Waals surface area contributed by atoms with Crippen molar-refractivity contribution in [3.05, 3.63) is 47.8 Å². The fraction of sp³-hybridized carbons (Fsp3) is 0.357. The van der Waals surface area contributed by atoms with Gasteiger partial charge < -0.3 is 10.5 Å². The maximum Gasteiger partial charge on any atom is 0.119 e. The molecule has 0 bridgehead atoms. The summed E-state index contributed by atoms with van der Waals surface area (Å²) in [5.74, 6) is 0.897. The van der Waals surface area contributed by atoms with Gasteiger partial charge >= 0.3 is 0 Å². The Hall–Kier alpha value is -1.81. The second-order valence-electron chi connectivity index (χ2n) is 4.51. The van der Waals surface area contributed by atoms with E-state index in [1.165, 1.54) is 5.56 Å². The van der Waals surface area contributed by atoms with Crippen LogP contribution in [-0.2, 0) is 7.05 Å². The van der Waals surface area contributed by atoms with Gasteiger partial charge in [-0.25, -0.2) is 0 Å². The maximum absolute atomic E-state index is 6.07. The summed E-state index contributed by atoms with van der Waals surface area (Å²) in [5, 5.41) is 4.11. The van der Waals surface area contributed by atoms with Crippen LogP contribution in [-0.4, -0.2) is 16.4 Å². The number of rotatable bonds is 5. The molecule has 0 aliphatic heterocycles. The van der Waals surface area contributed by atoms with E-state index in [1.54, 1.807) is 10.9 Å². The summed E-state index contributed by atoms with van der Waals surface area (Å²) in [4.78, 5) is 0. The molecule has 0 saturated heterocycles. The van der Waals surface area contributed by atoms with Gasteiger partial charge in [0.1, 0.15) is 5.75 Å². The van der Waals surface area contributed by atoms with Crippen LogP contribution in [0.15, 0.2) is 36.7 Å². The zero-order chi connectivity index (χ0) is 13.0. The highest BCUT2D eigenvalue weighted by atomic mass is 16.5. The minimum absolute atomic E-state index is 0.0245. The van der Waals surface area contributed by atoms with Gasteiger partial charge in [0, 0.05) is 31.3 Å². The van der Waals surface area contributed by atoms with Crippen LogP contribution in [0.1, 0.15) is 23.6 Å². The maximum atomic E-state index is 6.07. The molecule has 2 N–H and O–H groups in total. The van der Waals surface area contributed by atoms with Crippen LogP contribution >= 0.6 is 0 Å². The van der Waals surface area contributed by atoms with Crippen LogP contribution in [0.5, 0.6) is 5.75 Å². The van der Waals surface area contributed by atoms with Gasteiger partial charge in [0.25, 0.3) is 0 Å². The smallest absolute Gasteiger partial charge is 0.119 e. The molecule has 2 aromatic rings. The molecule has 1 aromatic heterocycles. The lowest BCUT2D eigenvalue weighted by molar-refractivity contribution is 0.298. The van der Waals surface area contributed by atoms with Crippen LogP contribution in [0.2, 0.25) is 0 Å². The topological polar surface area (TPSA) is 53.1 Å². The summed E-state index contributed by atoms with van der Waals surface area (Å²) in [6.45, 7) is 2.66. The fourth-order valence-electron chi connectivity index (χ4n) is 1.81. The summed E-state index contributed by atoms with van der Waals surface area (Å²) < 4.78 is 7.44. The molecule has 0 aliphatic rings. The van der Waals surface area contributed by atoms with E-state index in [9.17, 15) is 0 Å². The molecule has 0 fully saturated rings. The summed E-state index contributed by atoms with van der Waals surface area (Å²) in [6.07, 6.45) is 4.52. The molecule has 4 heteroatoms. The van der Waals surface area contributed by atoms with Gasteiger partial charge in [-0.2, -0.15) is 5.10 Å². The number of aryl methyl sites for hydroxylation is 2. The molecule has 0 spiro atoms. The average Bonchev–Trinajstić information content (AvgIpc) is 2.76. The highest BCUT2D eigenvalue weighted by Gasteiger charge is 2.08. The van der Waals surface area contributed by atoms with E-state index < -0.39 is 0 Å².